The quantitative estimate of drug-likeness (QED) is 0.0833. The summed E-state index contributed by atoms with van der Waals surface area (Å²) in [6.07, 6.45) is 26.4. The molecule has 1 aromatic rings. The molecule has 0 aliphatic heterocycles. The Bertz CT molecular complexity index is 764. The molecule has 6 heteroatoms. The van der Waals surface area contributed by atoms with Crippen LogP contribution in [0.3, 0.4) is 0 Å². The predicted octanol–water partition coefficient (Wildman–Crippen LogP) is 8.65. The molecule has 1 aromatic carbocycles. The van der Waals surface area contributed by atoms with E-state index >= 15 is 0 Å². The lowest BCUT2D eigenvalue weighted by atomic mass is 9.98. The van der Waals surface area contributed by atoms with Crippen LogP contribution in [-0.4, -0.2) is 41.1 Å². The summed E-state index contributed by atoms with van der Waals surface area (Å²) < 4.78 is 33.3. The molecule has 0 unspecified atom stereocenters. The van der Waals surface area contributed by atoms with Crippen molar-refractivity contribution in [2.45, 2.75) is 160 Å². The molecule has 0 aromatic heterocycles. The Kier molecular flexibility index (Phi) is 22.5. The topological polar surface area (TPSA) is 74.6 Å². The predicted molar refractivity (Wildman–Crippen MR) is 158 cm³/mol. The second-order valence-electron chi connectivity index (χ2n) is 10.4. The highest BCUT2D eigenvalue weighted by atomic mass is 32.2. The van der Waals surface area contributed by atoms with Gasteiger partial charge in [-0.05, 0) is 42.9 Å². The molecule has 0 amide bonds. The Labute approximate surface area is 239 Å². The molecule has 2 N–H and O–H groups in total. The minimum absolute atomic E-state index is 0. The zero-order valence-corrected chi connectivity index (χ0v) is 23.6. The first-order chi connectivity index (χ1) is 16.9. The fourth-order valence-electron chi connectivity index (χ4n) is 4.88. The summed E-state index contributed by atoms with van der Waals surface area (Å²) in [7, 11) is -4.43. The lowest BCUT2D eigenvalue weighted by molar-refractivity contribution is 0.436. The maximum Gasteiger partial charge on any atom is 0.316 e. The SMILES string of the molecule is CCCCCCCCCCCCc1cc(CCCCCCCCCCCC)c(O)c(S(=O)(=O)O)c1.[MgH2]. The minimum Gasteiger partial charge on any atom is -0.506 e. The molecule has 0 spiro atoms. The Morgan fingerprint density at radius 3 is 1.33 bits per heavy atom. The average Bonchev–Trinajstić information content (AvgIpc) is 2.82. The molecule has 4 nitrogen and oxygen atoms in total. The van der Waals surface area contributed by atoms with Gasteiger partial charge in [-0.25, -0.2) is 0 Å². The van der Waals surface area contributed by atoms with Gasteiger partial charge in [0, 0.05) is 0 Å². The van der Waals surface area contributed by atoms with E-state index < -0.39 is 10.1 Å². The van der Waals surface area contributed by atoms with Crippen molar-refractivity contribution in [2.75, 3.05) is 0 Å². The van der Waals surface area contributed by atoms with Crippen molar-refractivity contribution in [3.63, 3.8) is 0 Å². The Hall–Kier alpha value is -0.304. The van der Waals surface area contributed by atoms with Gasteiger partial charge >= 0.3 is 23.1 Å². The summed E-state index contributed by atoms with van der Waals surface area (Å²) in [6, 6.07) is 3.41. The third-order valence-electron chi connectivity index (χ3n) is 7.11. The minimum atomic E-state index is -4.43. The lowest BCUT2D eigenvalue weighted by Crippen LogP contribution is -2.03. The van der Waals surface area contributed by atoms with E-state index in [1.165, 1.54) is 109 Å². The number of phenols is 1. The van der Waals surface area contributed by atoms with Crippen molar-refractivity contribution in [2.24, 2.45) is 0 Å². The zero-order chi connectivity index (χ0) is 25.8. The van der Waals surface area contributed by atoms with Crippen molar-refractivity contribution in [3.8, 4) is 5.75 Å². The van der Waals surface area contributed by atoms with Crippen LogP contribution in [0, 0.1) is 0 Å². The fraction of sp³-hybridized carbons (Fsp3) is 0.800. The molecule has 0 atom stereocenters. The second-order valence-corrected chi connectivity index (χ2v) is 11.8. The molecular weight excluding hydrogens is 481 g/mol. The Balaban J connectivity index is 0.0000122. The highest BCUT2D eigenvalue weighted by Gasteiger charge is 2.19. The molecule has 36 heavy (non-hydrogen) atoms. The van der Waals surface area contributed by atoms with Crippen LogP contribution in [0.15, 0.2) is 17.0 Å². The van der Waals surface area contributed by atoms with Gasteiger partial charge < -0.3 is 5.11 Å². The normalized spacial score (nSPS) is 11.5. The van der Waals surface area contributed by atoms with E-state index in [0.717, 1.165) is 37.7 Å². The monoisotopic (exact) mass is 536 g/mol. The first kappa shape index (κ1) is 35.7. The molecule has 0 aliphatic rings. The van der Waals surface area contributed by atoms with E-state index in [0.29, 0.717) is 12.0 Å². The lowest BCUT2D eigenvalue weighted by Gasteiger charge is -2.12. The molecule has 0 saturated carbocycles. The highest BCUT2D eigenvalue weighted by molar-refractivity contribution is 7.86. The molecule has 0 bridgehead atoms. The van der Waals surface area contributed by atoms with Gasteiger partial charge in [-0.3, -0.25) is 4.55 Å². The van der Waals surface area contributed by atoms with E-state index in [-0.39, 0.29) is 33.7 Å². The summed E-state index contributed by atoms with van der Waals surface area (Å²) >= 11 is 0. The van der Waals surface area contributed by atoms with E-state index in [4.69, 9.17) is 0 Å². The molecule has 0 fully saturated rings. The van der Waals surface area contributed by atoms with Gasteiger partial charge in [-0.2, -0.15) is 8.42 Å². The van der Waals surface area contributed by atoms with Gasteiger partial charge in [-0.1, -0.05) is 135 Å². The summed E-state index contributed by atoms with van der Waals surface area (Å²) in [5, 5.41) is 10.5. The van der Waals surface area contributed by atoms with Gasteiger partial charge in [0.15, 0.2) is 0 Å². The molecule has 0 radical (unpaired) electrons. The number of aryl methyl sites for hydroxylation is 2. The highest BCUT2D eigenvalue weighted by Crippen LogP contribution is 2.31. The fourth-order valence-corrected chi connectivity index (χ4v) is 5.56. The molecule has 0 aliphatic carbocycles. The molecular formula is C30H56MgO4S. The summed E-state index contributed by atoms with van der Waals surface area (Å²) in [5.74, 6) is -0.268. The van der Waals surface area contributed by atoms with E-state index in [2.05, 4.69) is 13.8 Å². The maximum atomic E-state index is 11.8. The largest absolute Gasteiger partial charge is 0.506 e. The smallest absolute Gasteiger partial charge is 0.316 e. The van der Waals surface area contributed by atoms with Gasteiger partial charge in [0.05, 0.1) is 0 Å². The van der Waals surface area contributed by atoms with Crippen LogP contribution >= 0.6 is 0 Å². The number of hydrogen-bond donors (Lipinski definition) is 2. The summed E-state index contributed by atoms with van der Waals surface area (Å²) in [5.41, 5.74) is 1.55. The first-order valence-electron chi connectivity index (χ1n) is 14.7. The van der Waals surface area contributed by atoms with Crippen LogP contribution in [0.2, 0.25) is 0 Å². The molecule has 208 valence electrons. The second kappa shape index (κ2) is 22.7. The van der Waals surface area contributed by atoms with Gasteiger partial charge in [0.1, 0.15) is 10.6 Å². The van der Waals surface area contributed by atoms with Crippen LogP contribution < -0.4 is 0 Å². The first-order valence-corrected chi connectivity index (χ1v) is 16.2. The van der Waals surface area contributed by atoms with Crippen molar-refractivity contribution in [3.05, 3.63) is 23.3 Å². The maximum absolute atomic E-state index is 11.8. The molecule has 1 rings (SSSR count). The van der Waals surface area contributed by atoms with Crippen molar-refractivity contribution >= 4 is 33.2 Å². The third kappa shape index (κ3) is 17.3. The van der Waals surface area contributed by atoms with E-state index in [1.807, 2.05) is 6.07 Å². The number of phenolic OH excluding ortho intramolecular Hbond substituents is 1. The zero-order valence-electron chi connectivity index (χ0n) is 22.8. The summed E-state index contributed by atoms with van der Waals surface area (Å²) in [6.45, 7) is 4.48. The Morgan fingerprint density at radius 2 is 0.944 bits per heavy atom. The van der Waals surface area contributed by atoms with Crippen LogP contribution in [-0.2, 0) is 23.0 Å². The van der Waals surface area contributed by atoms with Crippen molar-refractivity contribution < 1.29 is 18.1 Å². The van der Waals surface area contributed by atoms with Crippen LogP contribution in [0.1, 0.15) is 153 Å². The average molecular weight is 537 g/mol. The molecule has 0 saturated heterocycles. The number of benzene rings is 1. The third-order valence-corrected chi connectivity index (χ3v) is 7.98. The number of hydrogen-bond acceptors (Lipinski definition) is 3. The van der Waals surface area contributed by atoms with Crippen LogP contribution in [0.5, 0.6) is 5.75 Å². The number of rotatable bonds is 23. The number of aromatic hydroxyl groups is 1. The van der Waals surface area contributed by atoms with E-state index in [9.17, 15) is 18.1 Å². The summed E-state index contributed by atoms with van der Waals surface area (Å²) in [4.78, 5) is -0.329. The molecule has 0 heterocycles. The van der Waals surface area contributed by atoms with Gasteiger partial charge in [0.2, 0.25) is 0 Å². The van der Waals surface area contributed by atoms with Crippen molar-refractivity contribution in [1.82, 2.24) is 0 Å². The standard InChI is InChI=1S/C30H54O4S.Mg.2H/c1-3-5-7-9-11-13-15-17-19-21-23-27-25-28(30(31)29(26-27)35(32,33)34)24-22-20-18-16-14-12-10-8-6-4-2;;;/h25-26,31H,3-24H2,1-2H3,(H,32,33,34);;;. The van der Waals surface area contributed by atoms with Crippen LogP contribution in [0.25, 0.3) is 0 Å². The van der Waals surface area contributed by atoms with Crippen molar-refractivity contribution in [1.29, 1.82) is 0 Å². The Morgan fingerprint density at radius 1 is 0.583 bits per heavy atom. The van der Waals surface area contributed by atoms with Gasteiger partial charge in [-0.15, -0.1) is 0 Å². The number of unbranched alkanes of at least 4 members (excludes halogenated alkanes) is 18. The van der Waals surface area contributed by atoms with Gasteiger partial charge in [0.25, 0.3) is 10.1 Å². The van der Waals surface area contributed by atoms with Crippen LogP contribution in [0.4, 0.5) is 0 Å². The van der Waals surface area contributed by atoms with E-state index in [1.54, 1.807) is 0 Å².